The summed E-state index contributed by atoms with van der Waals surface area (Å²) >= 11 is 2.07. The standard InChI is InChI=1S/C18H34N4OS.HI/c1-3-16-14-22(11-12-24-16)18(19-4-2)21-10-9-20-17(23)13-15-7-5-6-8-15;/h15-16H,3-14H2,1-2H3,(H,19,21)(H,20,23);1H. The minimum Gasteiger partial charge on any atom is -0.357 e. The van der Waals surface area contributed by atoms with Crippen LogP contribution in [0.2, 0.25) is 0 Å². The first kappa shape index (κ1) is 22.9. The number of guanidine groups is 1. The topological polar surface area (TPSA) is 56.7 Å². The number of carbonyl (C=O) groups excluding carboxylic acids is 1. The highest BCUT2D eigenvalue weighted by molar-refractivity contribution is 14.0. The molecular weight excluding hydrogens is 447 g/mol. The number of hydrogen-bond acceptors (Lipinski definition) is 3. The molecule has 0 aromatic rings. The molecule has 1 heterocycles. The molecule has 25 heavy (non-hydrogen) atoms. The Morgan fingerprint density at radius 3 is 2.68 bits per heavy atom. The van der Waals surface area contributed by atoms with E-state index in [0.717, 1.165) is 25.6 Å². The molecule has 0 aromatic carbocycles. The van der Waals surface area contributed by atoms with E-state index in [4.69, 9.17) is 4.99 Å². The lowest BCUT2D eigenvalue weighted by Gasteiger charge is -2.34. The Balaban J connectivity index is 0.00000312. The second-order valence-corrected chi connectivity index (χ2v) is 8.20. The summed E-state index contributed by atoms with van der Waals surface area (Å²) in [5.41, 5.74) is 0. The summed E-state index contributed by atoms with van der Waals surface area (Å²) < 4.78 is 0. The summed E-state index contributed by atoms with van der Waals surface area (Å²) in [7, 11) is 0. The van der Waals surface area contributed by atoms with Gasteiger partial charge in [0.05, 0.1) is 6.54 Å². The van der Waals surface area contributed by atoms with Gasteiger partial charge in [0.1, 0.15) is 0 Å². The molecule has 0 bridgehead atoms. The molecular formula is C18H35IN4OS. The van der Waals surface area contributed by atoms with E-state index in [9.17, 15) is 4.79 Å². The zero-order chi connectivity index (χ0) is 17.2. The number of nitrogens with zero attached hydrogens (tertiary/aromatic N) is 2. The van der Waals surface area contributed by atoms with Gasteiger partial charge in [-0.1, -0.05) is 19.8 Å². The van der Waals surface area contributed by atoms with Gasteiger partial charge >= 0.3 is 0 Å². The Bertz CT molecular complexity index is 416. The van der Waals surface area contributed by atoms with Crippen molar-refractivity contribution >= 4 is 47.6 Å². The lowest BCUT2D eigenvalue weighted by atomic mass is 10.0. The van der Waals surface area contributed by atoms with Crippen LogP contribution in [-0.2, 0) is 4.79 Å². The van der Waals surface area contributed by atoms with Crippen LogP contribution < -0.4 is 10.6 Å². The molecule has 146 valence electrons. The molecule has 7 heteroatoms. The normalized spacial score (nSPS) is 21.8. The SMILES string of the molecule is CCNC(=NCCNC(=O)CC1CCCC1)N1CCSC(CC)C1.I. The summed E-state index contributed by atoms with van der Waals surface area (Å²) in [4.78, 5) is 19.1. The highest BCUT2D eigenvalue weighted by Gasteiger charge is 2.21. The Morgan fingerprint density at radius 2 is 2.00 bits per heavy atom. The van der Waals surface area contributed by atoms with Crippen LogP contribution in [0.1, 0.15) is 52.4 Å². The van der Waals surface area contributed by atoms with Gasteiger partial charge in [-0.3, -0.25) is 9.79 Å². The second-order valence-electron chi connectivity index (χ2n) is 6.79. The van der Waals surface area contributed by atoms with Gasteiger partial charge < -0.3 is 15.5 Å². The molecule has 0 aromatic heterocycles. The number of halogens is 1. The van der Waals surface area contributed by atoms with E-state index in [0.29, 0.717) is 30.7 Å². The van der Waals surface area contributed by atoms with E-state index in [1.165, 1.54) is 37.9 Å². The van der Waals surface area contributed by atoms with Crippen LogP contribution >= 0.6 is 35.7 Å². The third-order valence-electron chi connectivity index (χ3n) is 4.87. The lowest BCUT2D eigenvalue weighted by Crippen LogP contribution is -2.48. The fourth-order valence-corrected chi connectivity index (χ4v) is 4.67. The maximum atomic E-state index is 12.0. The van der Waals surface area contributed by atoms with Gasteiger partial charge in [0.2, 0.25) is 5.91 Å². The van der Waals surface area contributed by atoms with Crippen LogP contribution in [-0.4, -0.2) is 60.5 Å². The minimum absolute atomic E-state index is 0. The average molecular weight is 482 g/mol. The lowest BCUT2D eigenvalue weighted by molar-refractivity contribution is -0.121. The van der Waals surface area contributed by atoms with E-state index in [1.807, 2.05) is 0 Å². The van der Waals surface area contributed by atoms with Crippen molar-refractivity contribution in [3.63, 3.8) is 0 Å². The van der Waals surface area contributed by atoms with Crippen LogP contribution in [0, 0.1) is 5.92 Å². The van der Waals surface area contributed by atoms with Gasteiger partial charge in [-0.2, -0.15) is 11.8 Å². The fraction of sp³-hybridized carbons (Fsp3) is 0.889. The van der Waals surface area contributed by atoms with Gasteiger partial charge in [0.25, 0.3) is 0 Å². The molecule has 1 saturated heterocycles. The first-order valence-corrected chi connectivity index (χ1v) is 10.7. The maximum absolute atomic E-state index is 12.0. The van der Waals surface area contributed by atoms with Crippen LogP contribution in [0.15, 0.2) is 4.99 Å². The molecule has 1 unspecified atom stereocenters. The van der Waals surface area contributed by atoms with Gasteiger partial charge in [-0.25, -0.2) is 0 Å². The van der Waals surface area contributed by atoms with Gasteiger partial charge in [0, 0.05) is 43.6 Å². The Labute approximate surface area is 174 Å². The molecule has 5 nitrogen and oxygen atoms in total. The number of aliphatic imine (C=N–C) groups is 1. The number of thioether (sulfide) groups is 1. The molecule has 1 aliphatic heterocycles. The predicted molar refractivity (Wildman–Crippen MR) is 119 cm³/mol. The van der Waals surface area contributed by atoms with Crippen LogP contribution in [0.4, 0.5) is 0 Å². The highest BCUT2D eigenvalue weighted by atomic mass is 127. The first-order chi connectivity index (χ1) is 11.7. The van der Waals surface area contributed by atoms with E-state index < -0.39 is 0 Å². The number of carbonyl (C=O) groups is 1. The van der Waals surface area contributed by atoms with E-state index >= 15 is 0 Å². The Hall–Kier alpha value is -0.180. The van der Waals surface area contributed by atoms with Gasteiger partial charge in [0.15, 0.2) is 5.96 Å². The molecule has 0 radical (unpaired) electrons. The second kappa shape index (κ2) is 13.1. The summed E-state index contributed by atoms with van der Waals surface area (Å²) in [6, 6.07) is 0. The van der Waals surface area contributed by atoms with Crippen molar-refractivity contribution in [2.75, 3.05) is 38.5 Å². The zero-order valence-corrected chi connectivity index (χ0v) is 18.9. The zero-order valence-electron chi connectivity index (χ0n) is 15.8. The number of amides is 1. The quantitative estimate of drug-likeness (QED) is 0.254. The van der Waals surface area contributed by atoms with Crippen LogP contribution in [0.25, 0.3) is 0 Å². The molecule has 1 aliphatic carbocycles. The monoisotopic (exact) mass is 482 g/mol. The first-order valence-electron chi connectivity index (χ1n) is 9.64. The van der Waals surface area contributed by atoms with Gasteiger partial charge in [-0.05, 0) is 32.1 Å². The summed E-state index contributed by atoms with van der Waals surface area (Å²) in [5.74, 6) is 2.98. The largest absolute Gasteiger partial charge is 0.357 e. The molecule has 0 spiro atoms. The van der Waals surface area contributed by atoms with Crippen molar-refractivity contribution in [3.05, 3.63) is 0 Å². The van der Waals surface area contributed by atoms with Crippen molar-refractivity contribution in [2.45, 2.75) is 57.6 Å². The van der Waals surface area contributed by atoms with Crippen molar-refractivity contribution in [2.24, 2.45) is 10.9 Å². The smallest absolute Gasteiger partial charge is 0.220 e. The molecule has 2 aliphatic rings. The van der Waals surface area contributed by atoms with E-state index in [2.05, 4.69) is 41.1 Å². The van der Waals surface area contributed by atoms with Crippen molar-refractivity contribution in [3.8, 4) is 0 Å². The third kappa shape index (κ3) is 8.37. The molecule has 2 rings (SSSR count). The molecule has 1 amide bonds. The molecule has 2 fully saturated rings. The van der Waals surface area contributed by atoms with Crippen molar-refractivity contribution < 1.29 is 4.79 Å². The Kier molecular flexibility index (Phi) is 11.9. The van der Waals surface area contributed by atoms with Gasteiger partial charge in [-0.15, -0.1) is 24.0 Å². The number of nitrogens with one attached hydrogen (secondary N) is 2. The molecule has 1 saturated carbocycles. The summed E-state index contributed by atoms with van der Waals surface area (Å²) in [6.45, 7) is 8.66. The molecule has 1 atom stereocenters. The number of hydrogen-bond donors (Lipinski definition) is 2. The van der Waals surface area contributed by atoms with Crippen LogP contribution in [0.5, 0.6) is 0 Å². The summed E-state index contributed by atoms with van der Waals surface area (Å²) in [6.07, 6.45) is 6.94. The maximum Gasteiger partial charge on any atom is 0.220 e. The van der Waals surface area contributed by atoms with E-state index in [1.54, 1.807) is 0 Å². The molecule has 2 N–H and O–H groups in total. The Morgan fingerprint density at radius 1 is 1.24 bits per heavy atom. The van der Waals surface area contributed by atoms with Crippen molar-refractivity contribution in [1.82, 2.24) is 15.5 Å². The van der Waals surface area contributed by atoms with E-state index in [-0.39, 0.29) is 29.9 Å². The average Bonchev–Trinajstić information content (AvgIpc) is 3.10. The minimum atomic E-state index is 0. The van der Waals surface area contributed by atoms with Crippen molar-refractivity contribution in [1.29, 1.82) is 0 Å². The third-order valence-corrected chi connectivity index (χ3v) is 6.24. The number of rotatable bonds is 7. The summed E-state index contributed by atoms with van der Waals surface area (Å²) in [5, 5.41) is 7.13. The van der Waals surface area contributed by atoms with Crippen LogP contribution in [0.3, 0.4) is 0 Å². The fourth-order valence-electron chi connectivity index (χ4n) is 3.49. The highest BCUT2D eigenvalue weighted by Crippen LogP contribution is 2.27. The predicted octanol–water partition coefficient (Wildman–Crippen LogP) is 3.09.